The number of ketones is 1. The van der Waals surface area contributed by atoms with Gasteiger partial charge in [-0.3, -0.25) is 13.9 Å². The zero-order chi connectivity index (χ0) is 16.7. The first-order valence-corrected chi connectivity index (χ1v) is 7.45. The maximum atomic E-state index is 10.0. The monoisotopic (exact) mass is 339 g/mol. The van der Waals surface area contributed by atoms with Crippen molar-refractivity contribution in [1.29, 1.82) is 0 Å². The molecule has 0 rings (SSSR count). The number of carboxylic acid groups (broad SMARTS) is 2. The van der Waals surface area contributed by atoms with Crippen LogP contribution in [0.2, 0.25) is 0 Å². The van der Waals surface area contributed by atoms with Gasteiger partial charge in [-0.2, -0.15) is 16.8 Å². The lowest BCUT2D eigenvalue weighted by Crippen LogP contribution is -2.28. The molecule has 0 aliphatic carbocycles. The predicted molar refractivity (Wildman–Crippen MR) is 60.2 cm³/mol. The summed E-state index contributed by atoms with van der Waals surface area (Å²) in [7, 11) is -8.90. The molecule has 0 aliphatic rings. The van der Waals surface area contributed by atoms with E-state index in [9.17, 15) is 31.2 Å². The molecule has 0 aromatic rings. The zero-order valence-corrected chi connectivity index (χ0v) is 11.0. The van der Waals surface area contributed by atoms with E-state index in [-0.39, 0.29) is 1.43 Å². The lowest BCUT2D eigenvalue weighted by molar-refractivity contribution is -0.147. The maximum Gasteiger partial charge on any atom is 1.00 e. The van der Waals surface area contributed by atoms with E-state index in [0.29, 0.717) is 0 Å². The average molecular weight is 339 g/mol. The van der Waals surface area contributed by atoms with Crippen LogP contribution in [0.5, 0.6) is 0 Å². The molecule has 0 spiro atoms. The lowest BCUT2D eigenvalue weighted by atomic mass is 10.4. The van der Waals surface area contributed by atoms with E-state index >= 15 is 0 Å². The van der Waals surface area contributed by atoms with Gasteiger partial charge in [0, 0.05) is 0 Å². The molecule has 0 saturated heterocycles. The van der Waals surface area contributed by atoms with Crippen molar-refractivity contribution in [1.82, 2.24) is 0 Å². The summed E-state index contributed by atoms with van der Waals surface area (Å²) in [6.45, 7) is 0. The van der Waals surface area contributed by atoms with Crippen molar-refractivity contribution in [2.75, 3.05) is 11.5 Å². The van der Waals surface area contributed by atoms with Crippen LogP contribution < -0.4 is 0 Å². The molecule has 0 aromatic carbocycles. The van der Waals surface area contributed by atoms with Crippen LogP contribution in [-0.4, -0.2) is 76.6 Å². The van der Waals surface area contributed by atoms with Gasteiger partial charge in [-0.25, -0.2) is 9.59 Å². The largest absolute Gasteiger partial charge is 1.00 e. The SMILES string of the molecule is O=C(O)C(=O)CS(=O)(=O)O.O=C(O)[C@@H](O)CS(=O)(=O)O.[H+]. The molecule has 0 saturated carbocycles. The molecule has 118 valence electrons. The van der Waals surface area contributed by atoms with Crippen LogP contribution in [0.4, 0.5) is 0 Å². The molecule has 5 N–H and O–H groups in total. The van der Waals surface area contributed by atoms with Gasteiger partial charge in [-0.1, -0.05) is 0 Å². The summed E-state index contributed by atoms with van der Waals surface area (Å²) in [5.74, 6) is -7.66. The normalized spacial score (nSPS) is 12.8. The van der Waals surface area contributed by atoms with E-state index in [4.69, 9.17) is 24.4 Å². The molecule has 0 radical (unpaired) electrons. The number of carbonyl (C=O) groups is 3. The summed E-state index contributed by atoms with van der Waals surface area (Å²) in [5.41, 5.74) is 0. The number of hydrogen-bond donors (Lipinski definition) is 5. The third kappa shape index (κ3) is 14.5. The predicted octanol–water partition coefficient (Wildman–Crippen LogP) is -3.04. The number of aliphatic hydroxyl groups excluding tert-OH is 1. The summed E-state index contributed by atoms with van der Waals surface area (Å²) in [6, 6.07) is 0. The summed E-state index contributed by atoms with van der Waals surface area (Å²) < 4.78 is 55.3. The second-order valence-electron chi connectivity index (χ2n) is 3.06. The van der Waals surface area contributed by atoms with Crippen LogP contribution in [0.25, 0.3) is 0 Å². The highest BCUT2D eigenvalue weighted by Crippen LogP contribution is 1.89. The number of hydrogen-bond acceptors (Lipinski definition) is 8. The van der Waals surface area contributed by atoms with Crippen molar-refractivity contribution in [2.24, 2.45) is 0 Å². The molecule has 20 heavy (non-hydrogen) atoms. The summed E-state index contributed by atoms with van der Waals surface area (Å²) in [4.78, 5) is 29.4. The van der Waals surface area contributed by atoms with Crippen molar-refractivity contribution >= 4 is 38.0 Å². The first-order valence-electron chi connectivity index (χ1n) is 4.23. The molecule has 12 nitrogen and oxygen atoms in total. The molecule has 0 heterocycles. The smallest absolute Gasteiger partial charge is 0.479 e. The van der Waals surface area contributed by atoms with Crippen molar-refractivity contribution in [3.05, 3.63) is 0 Å². The van der Waals surface area contributed by atoms with Crippen molar-refractivity contribution < 1.29 is 57.1 Å². The van der Waals surface area contributed by atoms with Crippen molar-refractivity contribution in [2.45, 2.75) is 6.10 Å². The first kappa shape index (κ1) is 20.7. The van der Waals surface area contributed by atoms with Crippen molar-refractivity contribution in [3.63, 3.8) is 0 Å². The number of rotatable bonds is 6. The van der Waals surface area contributed by atoms with E-state index in [1.54, 1.807) is 0 Å². The van der Waals surface area contributed by atoms with Gasteiger partial charge in [0.1, 0.15) is 11.5 Å². The number of carbonyl (C=O) groups excluding carboxylic acids is 1. The molecule has 0 aromatic heterocycles. The Morgan fingerprint density at radius 1 is 0.950 bits per heavy atom. The Morgan fingerprint density at radius 2 is 1.35 bits per heavy atom. The van der Waals surface area contributed by atoms with Crippen LogP contribution >= 0.6 is 0 Å². The fraction of sp³-hybridized carbons (Fsp3) is 0.500. The van der Waals surface area contributed by atoms with Gasteiger partial charge in [0.15, 0.2) is 6.10 Å². The van der Waals surface area contributed by atoms with Crippen LogP contribution in [0.3, 0.4) is 0 Å². The van der Waals surface area contributed by atoms with E-state index in [0.717, 1.165) is 0 Å². The fourth-order valence-electron chi connectivity index (χ4n) is 0.498. The van der Waals surface area contributed by atoms with E-state index in [1.807, 2.05) is 0 Å². The second-order valence-corrected chi connectivity index (χ2v) is 6.01. The van der Waals surface area contributed by atoms with Gasteiger partial charge in [0.25, 0.3) is 26.0 Å². The fourth-order valence-corrected chi connectivity index (χ4v) is 1.49. The molecule has 0 fully saturated rings. The number of Topliss-reactive ketones (excluding diaryl/α,β-unsaturated/α-hetero) is 1. The maximum absolute atomic E-state index is 10.0. The number of carboxylic acids is 2. The molecule has 0 amide bonds. The lowest BCUT2D eigenvalue weighted by Gasteiger charge is -1.99. The van der Waals surface area contributed by atoms with Gasteiger partial charge in [-0.05, 0) is 0 Å². The average Bonchev–Trinajstić information content (AvgIpc) is 2.12. The van der Waals surface area contributed by atoms with Crippen LogP contribution in [0.1, 0.15) is 1.43 Å². The molecular formula is C6H11O12S2+. The summed E-state index contributed by atoms with van der Waals surface area (Å²) >= 11 is 0. The number of aliphatic carboxylic acids is 2. The minimum Gasteiger partial charge on any atom is -0.479 e. The Labute approximate surface area is 113 Å². The standard InChI is InChI=1S/C3H6O6S.C3H4O6S/c2*4-2(3(5)6)1-10(7,8)9/h2,4H,1H2,(H,5,6)(H,7,8,9);1H2,(H,5,6)(H,7,8,9)/p+1/t2-;/m0./s1. The Morgan fingerprint density at radius 3 is 1.45 bits per heavy atom. The minimum absolute atomic E-state index is 0. The van der Waals surface area contributed by atoms with Gasteiger partial charge < -0.3 is 15.3 Å². The molecule has 14 heteroatoms. The third-order valence-corrected chi connectivity index (χ3v) is 2.57. The topological polar surface area (TPSA) is 221 Å². The summed E-state index contributed by atoms with van der Waals surface area (Å²) in [5, 5.41) is 24.1. The molecule has 1 atom stereocenters. The quantitative estimate of drug-likeness (QED) is 0.241. The molecule has 0 unspecified atom stereocenters. The Hall–Kier alpha value is -1.61. The van der Waals surface area contributed by atoms with E-state index in [2.05, 4.69) is 0 Å². The highest BCUT2D eigenvalue weighted by atomic mass is 32.2. The number of aliphatic hydroxyl groups is 1. The van der Waals surface area contributed by atoms with Gasteiger partial charge in [0.05, 0.1) is 0 Å². The minimum atomic E-state index is -4.50. The Balaban J connectivity index is -0.000000295. The van der Waals surface area contributed by atoms with Gasteiger partial charge in [-0.15, -0.1) is 0 Å². The van der Waals surface area contributed by atoms with E-state index < -0.39 is 55.6 Å². The summed E-state index contributed by atoms with van der Waals surface area (Å²) in [6.07, 6.45) is -2.06. The van der Waals surface area contributed by atoms with Crippen molar-refractivity contribution in [3.8, 4) is 0 Å². The second kappa shape index (κ2) is 7.85. The van der Waals surface area contributed by atoms with E-state index in [1.165, 1.54) is 0 Å². The molecular weight excluding hydrogens is 328 g/mol. The molecule has 0 bridgehead atoms. The highest BCUT2D eigenvalue weighted by molar-refractivity contribution is 7.86. The Bertz CT molecular complexity index is 575. The van der Waals surface area contributed by atoms with Crippen LogP contribution in [0.15, 0.2) is 0 Å². The first-order chi connectivity index (χ1) is 8.65. The Kier molecular flexibility index (Phi) is 8.13. The third-order valence-electron chi connectivity index (χ3n) is 1.21. The zero-order valence-electron chi connectivity index (χ0n) is 10.4. The van der Waals surface area contributed by atoms with Crippen LogP contribution in [-0.2, 0) is 34.6 Å². The van der Waals surface area contributed by atoms with Gasteiger partial charge in [0.2, 0.25) is 0 Å². The highest BCUT2D eigenvalue weighted by Gasteiger charge is 2.20. The van der Waals surface area contributed by atoms with Gasteiger partial charge >= 0.3 is 13.4 Å². The molecule has 0 aliphatic heterocycles. The van der Waals surface area contributed by atoms with Crippen LogP contribution in [0, 0.1) is 0 Å².